The highest BCUT2D eigenvalue weighted by Crippen LogP contribution is 2.34. The number of rotatable bonds is 13. The molecule has 1 atom stereocenters. The van der Waals surface area contributed by atoms with Crippen LogP contribution in [0.15, 0.2) is 77.7 Å². The first-order valence-corrected chi connectivity index (χ1v) is 14.5. The van der Waals surface area contributed by atoms with Gasteiger partial charge in [-0.05, 0) is 62.7 Å². The molecule has 3 aromatic carbocycles. The zero-order valence-electron chi connectivity index (χ0n) is 24.2. The van der Waals surface area contributed by atoms with E-state index < -0.39 is 28.5 Å². The molecule has 0 saturated heterocycles. The van der Waals surface area contributed by atoms with Gasteiger partial charge in [0.1, 0.15) is 18.3 Å². The van der Waals surface area contributed by atoms with Gasteiger partial charge in [0.05, 0.1) is 31.9 Å². The van der Waals surface area contributed by atoms with Crippen LogP contribution < -0.4 is 23.8 Å². The van der Waals surface area contributed by atoms with Gasteiger partial charge in [0.2, 0.25) is 11.8 Å². The number of amides is 2. The molecule has 41 heavy (non-hydrogen) atoms. The molecule has 3 rings (SSSR count). The van der Waals surface area contributed by atoms with E-state index in [-0.39, 0.29) is 29.1 Å². The van der Waals surface area contributed by atoms with Gasteiger partial charge in [0.25, 0.3) is 10.0 Å². The minimum absolute atomic E-state index is 0.00916. The van der Waals surface area contributed by atoms with Crippen molar-refractivity contribution in [3.8, 4) is 17.2 Å². The van der Waals surface area contributed by atoms with E-state index in [0.29, 0.717) is 17.2 Å². The van der Waals surface area contributed by atoms with Crippen molar-refractivity contribution in [1.29, 1.82) is 0 Å². The van der Waals surface area contributed by atoms with Crippen LogP contribution in [0, 0.1) is 0 Å². The lowest BCUT2D eigenvalue weighted by atomic mass is 10.1. The third kappa shape index (κ3) is 7.69. The molecular weight excluding hydrogens is 546 g/mol. The quantitative estimate of drug-likeness (QED) is 0.325. The molecule has 1 N–H and O–H groups in total. The van der Waals surface area contributed by atoms with Crippen LogP contribution >= 0.6 is 0 Å². The second-order valence-electron chi connectivity index (χ2n) is 9.57. The second kappa shape index (κ2) is 13.9. The van der Waals surface area contributed by atoms with E-state index in [2.05, 4.69) is 5.32 Å². The highest BCUT2D eigenvalue weighted by atomic mass is 32.2. The average Bonchev–Trinajstić information content (AvgIpc) is 2.98. The average molecular weight is 584 g/mol. The monoisotopic (exact) mass is 583 g/mol. The van der Waals surface area contributed by atoms with Gasteiger partial charge in [-0.1, -0.05) is 30.3 Å². The van der Waals surface area contributed by atoms with Crippen LogP contribution in [0.5, 0.6) is 17.2 Å². The Hall–Kier alpha value is -4.25. The van der Waals surface area contributed by atoms with Gasteiger partial charge in [0.15, 0.2) is 11.5 Å². The van der Waals surface area contributed by atoms with Crippen LogP contribution in [0.1, 0.15) is 26.3 Å². The van der Waals surface area contributed by atoms with Crippen molar-refractivity contribution in [2.24, 2.45) is 0 Å². The summed E-state index contributed by atoms with van der Waals surface area (Å²) in [6.07, 6.45) is 0. The third-order valence-electron chi connectivity index (χ3n) is 6.38. The number of ether oxygens (including phenoxy) is 3. The Morgan fingerprint density at radius 1 is 0.829 bits per heavy atom. The maximum absolute atomic E-state index is 14.0. The minimum atomic E-state index is -4.20. The highest BCUT2D eigenvalue weighted by molar-refractivity contribution is 7.92. The number of methoxy groups -OCH3 is 3. The molecule has 1 unspecified atom stereocenters. The molecule has 0 heterocycles. The fourth-order valence-electron chi connectivity index (χ4n) is 4.14. The second-order valence-corrected chi connectivity index (χ2v) is 11.4. The molecule has 220 valence electrons. The first kappa shape index (κ1) is 31.3. The summed E-state index contributed by atoms with van der Waals surface area (Å²) in [5.74, 6) is 0.419. The molecule has 11 heteroatoms. The molecule has 0 aliphatic heterocycles. The minimum Gasteiger partial charge on any atom is -0.497 e. The Labute approximate surface area is 241 Å². The van der Waals surface area contributed by atoms with Crippen LogP contribution in [-0.4, -0.2) is 65.1 Å². The molecule has 2 amide bonds. The van der Waals surface area contributed by atoms with E-state index in [4.69, 9.17) is 14.2 Å². The van der Waals surface area contributed by atoms with Crippen molar-refractivity contribution in [3.05, 3.63) is 78.4 Å². The summed E-state index contributed by atoms with van der Waals surface area (Å²) in [6.45, 7) is 4.77. The zero-order chi connectivity index (χ0) is 30.2. The SMILES string of the molecule is COc1ccc(CN(C(=O)CN(c2ccc(OC)c(OC)c2)S(=O)(=O)c2ccccc2)C(C)C(=O)NC(C)C)cc1. The summed E-state index contributed by atoms with van der Waals surface area (Å²) >= 11 is 0. The van der Waals surface area contributed by atoms with Gasteiger partial charge in [-0.15, -0.1) is 0 Å². The molecule has 0 bridgehead atoms. The van der Waals surface area contributed by atoms with Crippen LogP contribution in [0.2, 0.25) is 0 Å². The predicted molar refractivity (Wildman–Crippen MR) is 157 cm³/mol. The van der Waals surface area contributed by atoms with Crippen molar-refractivity contribution in [2.75, 3.05) is 32.2 Å². The Balaban J connectivity index is 2.07. The zero-order valence-corrected chi connectivity index (χ0v) is 25.0. The standard InChI is InChI=1S/C30H37N3O7S/c1-21(2)31-30(35)22(3)32(19-23-12-15-25(38-4)16-13-23)29(34)20-33(41(36,37)26-10-8-7-9-11-26)24-14-17-27(39-5)28(18-24)40-6/h7-18,21-22H,19-20H2,1-6H3,(H,31,35). The molecule has 3 aromatic rings. The maximum atomic E-state index is 14.0. The molecule has 0 aromatic heterocycles. The van der Waals surface area contributed by atoms with E-state index in [1.54, 1.807) is 62.6 Å². The largest absolute Gasteiger partial charge is 0.497 e. The summed E-state index contributed by atoms with van der Waals surface area (Å²) in [5, 5.41) is 2.84. The van der Waals surface area contributed by atoms with Gasteiger partial charge >= 0.3 is 0 Å². The van der Waals surface area contributed by atoms with Crippen molar-refractivity contribution in [3.63, 3.8) is 0 Å². The van der Waals surface area contributed by atoms with Crippen molar-refractivity contribution in [2.45, 2.75) is 44.3 Å². The summed E-state index contributed by atoms with van der Waals surface area (Å²) in [6, 6.07) is 18.5. The summed E-state index contributed by atoms with van der Waals surface area (Å²) in [4.78, 5) is 28.4. The number of hydrogen-bond acceptors (Lipinski definition) is 7. The van der Waals surface area contributed by atoms with E-state index >= 15 is 0 Å². The Morgan fingerprint density at radius 3 is 2.02 bits per heavy atom. The topological polar surface area (TPSA) is 114 Å². The molecule has 0 aliphatic rings. The van der Waals surface area contributed by atoms with Crippen LogP contribution in [0.3, 0.4) is 0 Å². The molecule has 0 saturated carbocycles. The number of benzene rings is 3. The predicted octanol–water partition coefficient (Wildman–Crippen LogP) is 3.85. The third-order valence-corrected chi connectivity index (χ3v) is 8.16. The fourth-order valence-corrected chi connectivity index (χ4v) is 5.57. The molecule has 0 aliphatic carbocycles. The van der Waals surface area contributed by atoms with Gasteiger partial charge < -0.3 is 24.4 Å². The molecule has 0 spiro atoms. The molecule has 0 radical (unpaired) electrons. The summed E-state index contributed by atoms with van der Waals surface area (Å²) < 4.78 is 44.8. The Bertz CT molecular complexity index is 1430. The van der Waals surface area contributed by atoms with Crippen molar-refractivity contribution < 1.29 is 32.2 Å². The number of anilines is 1. The summed E-state index contributed by atoms with van der Waals surface area (Å²) in [5.41, 5.74) is 0.940. The number of nitrogens with zero attached hydrogens (tertiary/aromatic N) is 2. The van der Waals surface area contributed by atoms with Crippen molar-refractivity contribution in [1.82, 2.24) is 10.2 Å². The van der Waals surface area contributed by atoms with Gasteiger partial charge in [-0.3, -0.25) is 13.9 Å². The van der Waals surface area contributed by atoms with Gasteiger partial charge in [0, 0.05) is 18.7 Å². The normalized spacial score (nSPS) is 11.9. The maximum Gasteiger partial charge on any atom is 0.264 e. The van der Waals surface area contributed by atoms with Gasteiger partial charge in [-0.2, -0.15) is 0 Å². The van der Waals surface area contributed by atoms with E-state index in [1.165, 1.54) is 43.4 Å². The van der Waals surface area contributed by atoms with Gasteiger partial charge in [-0.25, -0.2) is 8.42 Å². The number of carbonyl (C=O) groups excluding carboxylic acids is 2. The molecule has 10 nitrogen and oxygen atoms in total. The van der Waals surface area contributed by atoms with E-state index in [0.717, 1.165) is 9.87 Å². The Morgan fingerprint density at radius 2 is 1.46 bits per heavy atom. The molecule has 0 fully saturated rings. The number of hydrogen-bond donors (Lipinski definition) is 1. The lowest BCUT2D eigenvalue weighted by Crippen LogP contribution is -2.52. The van der Waals surface area contributed by atoms with Crippen LogP contribution in [0.25, 0.3) is 0 Å². The first-order valence-electron chi connectivity index (χ1n) is 13.0. The van der Waals surface area contributed by atoms with Crippen molar-refractivity contribution >= 4 is 27.5 Å². The highest BCUT2D eigenvalue weighted by Gasteiger charge is 2.33. The fraction of sp³-hybridized carbons (Fsp3) is 0.333. The number of carbonyl (C=O) groups is 2. The number of nitrogens with one attached hydrogen (secondary N) is 1. The van der Waals surface area contributed by atoms with Crippen LogP contribution in [-0.2, 0) is 26.2 Å². The lowest BCUT2D eigenvalue weighted by Gasteiger charge is -2.32. The number of sulfonamides is 1. The lowest BCUT2D eigenvalue weighted by molar-refractivity contribution is -0.139. The molecular formula is C30H37N3O7S. The smallest absolute Gasteiger partial charge is 0.264 e. The van der Waals surface area contributed by atoms with E-state index in [1.807, 2.05) is 13.8 Å². The van der Waals surface area contributed by atoms with E-state index in [9.17, 15) is 18.0 Å². The summed E-state index contributed by atoms with van der Waals surface area (Å²) in [7, 11) is 0.264. The van der Waals surface area contributed by atoms with Crippen LogP contribution in [0.4, 0.5) is 5.69 Å². The first-order chi connectivity index (χ1) is 19.5. The Kier molecular flexibility index (Phi) is 10.6.